The smallest absolute Gasteiger partial charge is 0.334 e. The first-order valence-electron chi connectivity index (χ1n) is 8.47. The maximum atomic E-state index is 12.5. The van der Waals surface area contributed by atoms with E-state index in [4.69, 9.17) is 4.74 Å². The van der Waals surface area contributed by atoms with E-state index in [9.17, 15) is 14.4 Å². The molecule has 24 heavy (non-hydrogen) atoms. The van der Waals surface area contributed by atoms with Gasteiger partial charge in [-0.25, -0.2) is 4.79 Å². The Hall–Kier alpha value is -2.37. The van der Waals surface area contributed by atoms with Gasteiger partial charge < -0.3 is 4.74 Å². The van der Waals surface area contributed by atoms with Gasteiger partial charge in [0.15, 0.2) is 0 Å². The maximum Gasteiger partial charge on any atom is 0.334 e. The fraction of sp³-hybridized carbons (Fsp3) is 0.500. The van der Waals surface area contributed by atoms with Crippen molar-refractivity contribution in [3.63, 3.8) is 0 Å². The van der Waals surface area contributed by atoms with Crippen LogP contribution in [0.4, 0.5) is 4.79 Å². The highest BCUT2D eigenvalue weighted by Crippen LogP contribution is 2.26. The first kappa shape index (κ1) is 16.5. The second-order valence-electron chi connectivity index (χ2n) is 6.32. The van der Waals surface area contributed by atoms with Gasteiger partial charge in [0.2, 0.25) is 0 Å². The first-order valence-corrected chi connectivity index (χ1v) is 8.47. The Bertz CT molecular complexity index is 652. The lowest BCUT2D eigenvalue weighted by Crippen LogP contribution is -2.42. The van der Waals surface area contributed by atoms with E-state index in [0.29, 0.717) is 5.75 Å². The molecule has 1 aromatic rings. The van der Waals surface area contributed by atoms with Gasteiger partial charge in [0.1, 0.15) is 12.4 Å². The average molecular weight is 330 g/mol. The molecular weight excluding hydrogens is 308 g/mol. The van der Waals surface area contributed by atoms with Crippen LogP contribution < -0.4 is 4.74 Å². The lowest BCUT2D eigenvalue weighted by molar-refractivity contribution is -0.144. The molecule has 0 atom stereocenters. The van der Waals surface area contributed by atoms with Gasteiger partial charge in [0.05, 0.1) is 6.54 Å². The molecule has 0 N–H and O–H groups in total. The van der Waals surface area contributed by atoms with Crippen molar-refractivity contribution in [3.05, 3.63) is 29.8 Å². The van der Waals surface area contributed by atoms with Crippen molar-refractivity contribution in [2.24, 2.45) is 0 Å². The Morgan fingerprint density at radius 1 is 1.04 bits per heavy atom. The Kier molecular flexibility index (Phi) is 4.83. The standard InChI is InChI=1S/C18H22N2O4/c1-13-7-5-6-10-15(13)24-12-11-19-16(21)17(22)20(18(19)23)14-8-3-2-4-9-14/h5-7,10,14H,2-4,8-9,11-12H2,1H3. The normalized spacial score (nSPS) is 19.3. The maximum absolute atomic E-state index is 12.5. The molecule has 2 aliphatic rings. The van der Waals surface area contributed by atoms with Gasteiger partial charge in [0.25, 0.3) is 0 Å². The lowest BCUT2D eigenvalue weighted by atomic mass is 9.94. The zero-order valence-corrected chi connectivity index (χ0v) is 13.9. The van der Waals surface area contributed by atoms with Gasteiger partial charge in [-0.1, -0.05) is 37.5 Å². The number of hydrogen-bond acceptors (Lipinski definition) is 4. The van der Waals surface area contributed by atoms with Crippen molar-refractivity contribution in [1.82, 2.24) is 9.80 Å². The number of carbonyl (C=O) groups excluding carboxylic acids is 3. The van der Waals surface area contributed by atoms with E-state index in [-0.39, 0.29) is 19.2 Å². The Morgan fingerprint density at radius 2 is 1.75 bits per heavy atom. The second kappa shape index (κ2) is 7.03. The van der Waals surface area contributed by atoms with Gasteiger partial charge in [-0.2, -0.15) is 0 Å². The van der Waals surface area contributed by atoms with E-state index < -0.39 is 17.8 Å². The summed E-state index contributed by atoms with van der Waals surface area (Å²) in [7, 11) is 0. The summed E-state index contributed by atoms with van der Waals surface area (Å²) in [6, 6.07) is 6.91. The number of ether oxygens (including phenoxy) is 1. The first-order chi connectivity index (χ1) is 11.6. The van der Waals surface area contributed by atoms with Crippen molar-refractivity contribution in [1.29, 1.82) is 0 Å². The second-order valence-corrected chi connectivity index (χ2v) is 6.32. The molecule has 0 unspecified atom stereocenters. The van der Waals surface area contributed by atoms with Crippen LogP contribution >= 0.6 is 0 Å². The highest BCUT2D eigenvalue weighted by molar-refractivity contribution is 6.44. The third kappa shape index (κ3) is 3.13. The number of carbonyl (C=O) groups is 3. The van der Waals surface area contributed by atoms with Crippen LogP contribution in [-0.4, -0.2) is 46.8 Å². The Labute approximate surface area is 141 Å². The molecule has 1 aliphatic heterocycles. The number of para-hydroxylation sites is 1. The molecule has 0 radical (unpaired) electrons. The summed E-state index contributed by atoms with van der Waals surface area (Å²) in [5.41, 5.74) is 0.983. The van der Waals surface area contributed by atoms with E-state index in [0.717, 1.165) is 47.5 Å². The quantitative estimate of drug-likeness (QED) is 0.614. The van der Waals surface area contributed by atoms with Gasteiger partial charge in [-0.15, -0.1) is 0 Å². The summed E-state index contributed by atoms with van der Waals surface area (Å²) >= 11 is 0. The molecule has 1 aliphatic carbocycles. The number of urea groups is 1. The third-order valence-electron chi connectivity index (χ3n) is 4.69. The predicted octanol–water partition coefficient (Wildman–Crippen LogP) is 2.50. The molecule has 0 aromatic heterocycles. The van der Waals surface area contributed by atoms with E-state index in [1.807, 2.05) is 31.2 Å². The molecule has 4 amide bonds. The molecule has 0 spiro atoms. The number of aryl methyl sites for hydroxylation is 1. The summed E-state index contributed by atoms with van der Waals surface area (Å²) < 4.78 is 5.64. The van der Waals surface area contributed by atoms with Crippen LogP contribution in [0.2, 0.25) is 0 Å². The zero-order valence-electron chi connectivity index (χ0n) is 13.9. The highest BCUT2D eigenvalue weighted by Gasteiger charge is 2.47. The number of benzene rings is 1. The van der Waals surface area contributed by atoms with Gasteiger partial charge in [-0.05, 0) is 31.4 Å². The van der Waals surface area contributed by atoms with Crippen LogP contribution in [0.3, 0.4) is 0 Å². The molecule has 1 heterocycles. The van der Waals surface area contributed by atoms with Crippen LogP contribution in [0, 0.1) is 6.92 Å². The molecule has 128 valence electrons. The number of rotatable bonds is 5. The summed E-state index contributed by atoms with van der Waals surface area (Å²) in [6.45, 7) is 2.19. The molecule has 6 nitrogen and oxygen atoms in total. The molecule has 2 fully saturated rings. The minimum atomic E-state index is -0.737. The molecule has 1 saturated heterocycles. The summed E-state index contributed by atoms with van der Waals surface area (Å²) in [5, 5.41) is 0. The van der Waals surface area contributed by atoms with Crippen LogP contribution in [0.5, 0.6) is 5.75 Å². The summed E-state index contributed by atoms with van der Waals surface area (Å²) in [4.78, 5) is 39.0. The monoisotopic (exact) mass is 330 g/mol. The average Bonchev–Trinajstić information content (AvgIpc) is 2.80. The van der Waals surface area contributed by atoms with Gasteiger partial charge in [-0.3, -0.25) is 19.4 Å². The number of amides is 4. The van der Waals surface area contributed by atoms with E-state index in [1.54, 1.807) is 0 Å². The van der Waals surface area contributed by atoms with Crippen LogP contribution in [-0.2, 0) is 9.59 Å². The Balaban J connectivity index is 1.61. The molecule has 3 rings (SSSR count). The van der Waals surface area contributed by atoms with Crippen molar-refractivity contribution in [2.45, 2.75) is 45.1 Å². The van der Waals surface area contributed by atoms with E-state index in [2.05, 4.69) is 0 Å². The largest absolute Gasteiger partial charge is 0.491 e. The number of nitrogens with zero attached hydrogens (tertiary/aromatic N) is 2. The van der Waals surface area contributed by atoms with Gasteiger partial charge >= 0.3 is 17.8 Å². The van der Waals surface area contributed by atoms with Crippen molar-refractivity contribution >= 4 is 17.8 Å². The number of imide groups is 2. The molecular formula is C18H22N2O4. The van der Waals surface area contributed by atoms with Crippen molar-refractivity contribution in [3.8, 4) is 5.75 Å². The fourth-order valence-electron chi connectivity index (χ4n) is 3.35. The van der Waals surface area contributed by atoms with Gasteiger partial charge in [0, 0.05) is 6.04 Å². The van der Waals surface area contributed by atoms with Crippen molar-refractivity contribution < 1.29 is 19.1 Å². The lowest BCUT2D eigenvalue weighted by Gasteiger charge is -2.28. The van der Waals surface area contributed by atoms with Crippen LogP contribution in [0.15, 0.2) is 24.3 Å². The van der Waals surface area contributed by atoms with Crippen LogP contribution in [0.25, 0.3) is 0 Å². The van der Waals surface area contributed by atoms with E-state index in [1.165, 1.54) is 0 Å². The van der Waals surface area contributed by atoms with Crippen molar-refractivity contribution in [2.75, 3.05) is 13.2 Å². The predicted molar refractivity (Wildman–Crippen MR) is 87.5 cm³/mol. The fourth-order valence-corrected chi connectivity index (χ4v) is 3.35. The van der Waals surface area contributed by atoms with Crippen LogP contribution in [0.1, 0.15) is 37.7 Å². The minimum absolute atomic E-state index is 0.0843. The number of hydrogen-bond donors (Lipinski definition) is 0. The third-order valence-corrected chi connectivity index (χ3v) is 4.69. The zero-order chi connectivity index (χ0) is 17.1. The molecule has 1 saturated carbocycles. The minimum Gasteiger partial charge on any atom is -0.491 e. The van der Waals surface area contributed by atoms with E-state index >= 15 is 0 Å². The summed E-state index contributed by atoms with van der Waals surface area (Å²) in [5.74, 6) is -0.714. The SMILES string of the molecule is Cc1ccccc1OCCN1C(=O)C(=O)N(C2CCCCC2)C1=O. The molecule has 1 aromatic carbocycles. The topological polar surface area (TPSA) is 66.9 Å². The highest BCUT2D eigenvalue weighted by atomic mass is 16.5. The summed E-state index contributed by atoms with van der Waals surface area (Å²) in [6.07, 6.45) is 4.68. The Morgan fingerprint density at radius 3 is 2.46 bits per heavy atom. The molecule has 0 bridgehead atoms. The molecule has 6 heteroatoms.